The highest BCUT2D eigenvalue weighted by Crippen LogP contribution is 2.30. The molecule has 108 valence electrons. The molecule has 4 heteroatoms. The van der Waals surface area contributed by atoms with E-state index in [1.165, 1.54) is 10.8 Å². The van der Waals surface area contributed by atoms with Crippen LogP contribution in [0.5, 0.6) is 0 Å². The predicted octanol–water partition coefficient (Wildman–Crippen LogP) is 2.31. The fraction of sp³-hybridized carbons (Fsp3) is 0.0556. The molecule has 0 saturated carbocycles. The lowest BCUT2D eigenvalue weighted by molar-refractivity contribution is -0.115. The summed E-state index contributed by atoms with van der Waals surface area (Å²) in [6.45, 7) is 0. The van der Waals surface area contributed by atoms with Crippen molar-refractivity contribution in [3.05, 3.63) is 78.2 Å². The second-order valence-electron chi connectivity index (χ2n) is 5.39. The van der Waals surface area contributed by atoms with E-state index in [4.69, 9.17) is 5.73 Å². The molecule has 0 fully saturated rings. The zero-order valence-electron chi connectivity index (χ0n) is 11.9. The molecule has 2 aromatic rings. The summed E-state index contributed by atoms with van der Waals surface area (Å²) in [6, 6.07) is 14.5. The molecule has 1 atom stereocenters. The molecule has 4 nitrogen and oxygen atoms in total. The summed E-state index contributed by atoms with van der Waals surface area (Å²) in [4.78, 5) is 13.6. The van der Waals surface area contributed by atoms with Crippen LogP contribution >= 0.6 is 0 Å². The second kappa shape index (κ2) is 4.77. The van der Waals surface area contributed by atoms with Gasteiger partial charge in [-0.3, -0.25) is 4.79 Å². The van der Waals surface area contributed by atoms with Crippen molar-refractivity contribution in [3.63, 3.8) is 0 Å². The van der Waals surface area contributed by atoms with Gasteiger partial charge < -0.3 is 16.0 Å². The molecule has 2 aliphatic rings. The summed E-state index contributed by atoms with van der Waals surface area (Å²) in [5, 5.41) is 5.77. The van der Waals surface area contributed by atoms with E-state index < -0.39 is 5.91 Å². The van der Waals surface area contributed by atoms with Gasteiger partial charge in [0, 0.05) is 18.0 Å². The van der Waals surface area contributed by atoms with Gasteiger partial charge in [0.2, 0.25) is 5.91 Å². The highest BCUT2D eigenvalue weighted by atomic mass is 16.1. The summed E-state index contributed by atoms with van der Waals surface area (Å²) in [7, 11) is 0. The van der Waals surface area contributed by atoms with Crippen molar-refractivity contribution in [2.75, 3.05) is 0 Å². The maximum atomic E-state index is 11.6. The number of nitrogens with two attached hydrogens (primary N) is 1. The van der Waals surface area contributed by atoms with Gasteiger partial charge in [-0.05, 0) is 22.9 Å². The molecule has 2 aliphatic heterocycles. The van der Waals surface area contributed by atoms with Crippen molar-refractivity contribution in [2.24, 2.45) is 5.73 Å². The van der Waals surface area contributed by atoms with Crippen LogP contribution in [0.1, 0.15) is 5.56 Å². The van der Waals surface area contributed by atoms with Gasteiger partial charge in [0.15, 0.2) is 0 Å². The zero-order valence-corrected chi connectivity index (χ0v) is 11.9. The van der Waals surface area contributed by atoms with E-state index in [0.717, 1.165) is 11.3 Å². The molecule has 0 aliphatic carbocycles. The number of benzene rings is 2. The SMILES string of the molecule is NC(=O)C1=CC=CN2C=C(c3cccc4ccccc34)NC12. The largest absolute Gasteiger partial charge is 0.366 e. The lowest BCUT2D eigenvalue weighted by Gasteiger charge is -2.25. The Labute approximate surface area is 128 Å². The zero-order chi connectivity index (χ0) is 15.1. The standard InChI is InChI=1S/C18H15N3O/c19-17(22)15-9-4-10-21-11-16(20-18(15)21)14-8-3-6-12-5-1-2-7-13(12)14/h1-11,18,20H,(H2,19,22). The lowest BCUT2D eigenvalue weighted by Crippen LogP contribution is -2.40. The maximum Gasteiger partial charge on any atom is 0.248 e. The Balaban J connectivity index is 1.78. The van der Waals surface area contributed by atoms with Gasteiger partial charge in [-0.15, -0.1) is 0 Å². The average Bonchev–Trinajstić information content (AvgIpc) is 2.97. The second-order valence-corrected chi connectivity index (χ2v) is 5.39. The van der Waals surface area contributed by atoms with Crippen LogP contribution in [0.15, 0.2) is 72.6 Å². The maximum absolute atomic E-state index is 11.6. The van der Waals surface area contributed by atoms with Gasteiger partial charge in [-0.25, -0.2) is 0 Å². The Hall–Kier alpha value is -3.01. The summed E-state index contributed by atoms with van der Waals surface area (Å²) in [6.07, 6.45) is 7.31. The smallest absolute Gasteiger partial charge is 0.248 e. The van der Waals surface area contributed by atoms with E-state index in [0.29, 0.717) is 5.57 Å². The summed E-state index contributed by atoms with van der Waals surface area (Å²) >= 11 is 0. The molecule has 1 unspecified atom stereocenters. The quantitative estimate of drug-likeness (QED) is 0.892. The first-order chi connectivity index (χ1) is 10.7. The molecule has 3 N–H and O–H groups in total. The monoisotopic (exact) mass is 289 g/mol. The number of carbonyl (C=O) groups is 1. The molecule has 2 aromatic carbocycles. The van der Waals surface area contributed by atoms with Crippen LogP contribution in [0.2, 0.25) is 0 Å². The molecular weight excluding hydrogens is 274 g/mol. The van der Waals surface area contributed by atoms with Crippen LogP contribution < -0.4 is 11.1 Å². The summed E-state index contributed by atoms with van der Waals surface area (Å²) in [5.74, 6) is -0.403. The molecule has 1 amide bonds. The van der Waals surface area contributed by atoms with Gasteiger partial charge >= 0.3 is 0 Å². The molecule has 0 bridgehead atoms. The van der Waals surface area contributed by atoms with Crippen molar-refractivity contribution in [1.82, 2.24) is 10.2 Å². The fourth-order valence-electron chi connectivity index (χ4n) is 3.01. The minimum Gasteiger partial charge on any atom is -0.366 e. The van der Waals surface area contributed by atoms with E-state index in [1.54, 1.807) is 6.08 Å². The third-order valence-electron chi connectivity index (χ3n) is 4.06. The lowest BCUT2D eigenvalue weighted by atomic mass is 10.0. The van der Waals surface area contributed by atoms with Crippen molar-refractivity contribution in [1.29, 1.82) is 0 Å². The van der Waals surface area contributed by atoms with Crippen LogP contribution in [0, 0.1) is 0 Å². The first kappa shape index (κ1) is 12.7. The molecule has 0 spiro atoms. The Morgan fingerprint density at radius 1 is 1.14 bits per heavy atom. The van der Waals surface area contributed by atoms with E-state index in [-0.39, 0.29) is 6.17 Å². The molecular formula is C18H15N3O. The number of nitrogens with one attached hydrogen (secondary N) is 1. The Kier molecular flexibility index (Phi) is 2.76. The predicted molar refractivity (Wildman–Crippen MR) is 87.1 cm³/mol. The van der Waals surface area contributed by atoms with E-state index in [1.807, 2.05) is 41.6 Å². The number of fused-ring (bicyclic) bond motifs is 2. The minimum absolute atomic E-state index is 0.225. The van der Waals surface area contributed by atoms with E-state index >= 15 is 0 Å². The molecule has 4 rings (SSSR count). The van der Waals surface area contributed by atoms with Crippen molar-refractivity contribution < 1.29 is 4.79 Å². The minimum atomic E-state index is -0.403. The molecule has 0 radical (unpaired) electrons. The van der Waals surface area contributed by atoms with Crippen LogP contribution in [0.25, 0.3) is 16.5 Å². The number of carbonyl (C=O) groups excluding carboxylic acids is 1. The van der Waals surface area contributed by atoms with Crippen molar-refractivity contribution in [2.45, 2.75) is 6.17 Å². The highest BCUT2D eigenvalue weighted by molar-refractivity contribution is 5.96. The van der Waals surface area contributed by atoms with Crippen LogP contribution in [-0.2, 0) is 4.79 Å². The Morgan fingerprint density at radius 2 is 1.95 bits per heavy atom. The number of allylic oxidation sites excluding steroid dienone is 2. The number of nitrogens with zero attached hydrogens (tertiary/aromatic N) is 1. The molecule has 2 heterocycles. The number of hydrogen-bond donors (Lipinski definition) is 2. The average molecular weight is 289 g/mol. The van der Waals surface area contributed by atoms with E-state index in [2.05, 4.69) is 29.6 Å². The van der Waals surface area contributed by atoms with Crippen LogP contribution in [-0.4, -0.2) is 17.0 Å². The van der Waals surface area contributed by atoms with Gasteiger partial charge in [0.1, 0.15) is 6.17 Å². The topological polar surface area (TPSA) is 58.4 Å². The van der Waals surface area contributed by atoms with Crippen LogP contribution in [0.3, 0.4) is 0 Å². The van der Waals surface area contributed by atoms with Gasteiger partial charge in [0.25, 0.3) is 0 Å². The van der Waals surface area contributed by atoms with Crippen LogP contribution in [0.4, 0.5) is 0 Å². The van der Waals surface area contributed by atoms with Crippen molar-refractivity contribution >= 4 is 22.4 Å². The normalized spacial score (nSPS) is 19.5. The van der Waals surface area contributed by atoms with Gasteiger partial charge in [-0.2, -0.15) is 0 Å². The molecule has 0 saturated heterocycles. The molecule has 0 aromatic heterocycles. The third-order valence-corrected chi connectivity index (χ3v) is 4.06. The number of primary amides is 1. The van der Waals surface area contributed by atoms with Crippen molar-refractivity contribution in [3.8, 4) is 0 Å². The van der Waals surface area contributed by atoms with E-state index in [9.17, 15) is 4.79 Å². The number of amides is 1. The number of rotatable bonds is 2. The van der Waals surface area contributed by atoms with Gasteiger partial charge in [0.05, 0.1) is 11.3 Å². The Bertz CT molecular complexity index is 858. The summed E-state index contributed by atoms with van der Waals surface area (Å²) in [5.41, 5.74) is 8.13. The highest BCUT2D eigenvalue weighted by Gasteiger charge is 2.30. The van der Waals surface area contributed by atoms with Gasteiger partial charge in [-0.1, -0.05) is 42.5 Å². The summed E-state index contributed by atoms with van der Waals surface area (Å²) < 4.78 is 0. The Morgan fingerprint density at radius 3 is 2.82 bits per heavy atom. The molecule has 22 heavy (non-hydrogen) atoms. The fourth-order valence-corrected chi connectivity index (χ4v) is 3.01. The third kappa shape index (κ3) is 1.89. The first-order valence-electron chi connectivity index (χ1n) is 7.16. The first-order valence-corrected chi connectivity index (χ1v) is 7.16. The number of hydrogen-bond acceptors (Lipinski definition) is 3.